The van der Waals surface area contributed by atoms with E-state index in [1.54, 1.807) is 42.2 Å². The van der Waals surface area contributed by atoms with Crippen molar-refractivity contribution in [3.63, 3.8) is 0 Å². The molecule has 24 heavy (non-hydrogen) atoms. The van der Waals surface area contributed by atoms with Crippen LogP contribution in [0.2, 0.25) is 5.02 Å². The summed E-state index contributed by atoms with van der Waals surface area (Å²) in [6.45, 7) is 1.45. The highest BCUT2D eigenvalue weighted by molar-refractivity contribution is 6.30. The summed E-state index contributed by atoms with van der Waals surface area (Å²) in [5.41, 5.74) is 1.29. The minimum Gasteiger partial charge on any atom is -0.318 e. The Kier molecular flexibility index (Phi) is 4.66. The summed E-state index contributed by atoms with van der Waals surface area (Å²) in [5.74, 6) is 0.515. The van der Waals surface area contributed by atoms with E-state index in [1.165, 1.54) is 4.57 Å². The van der Waals surface area contributed by atoms with Crippen LogP contribution in [0.1, 0.15) is 19.2 Å². The minimum atomic E-state index is -0.390. The number of fused-ring (bicyclic) bond motifs is 1. The van der Waals surface area contributed by atoms with Gasteiger partial charge in [0.2, 0.25) is 0 Å². The number of halogens is 2. The fourth-order valence-electron chi connectivity index (χ4n) is 2.58. The summed E-state index contributed by atoms with van der Waals surface area (Å²) in [6.07, 6.45) is 2.68. The molecule has 0 amide bonds. The van der Waals surface area contributed by atoms with Crippen LogP contribution in [0.15, 0.2) is 35.4 Å². The molecular formula is C17H18ClFN4O. The Bertz CT molecular complexity index is 917. The quantitative estimate of drug-likeness (QED) is 0.710. The second kappa shape index (κ2) is 6.73. The zero-order valence-electron chi connectivity index (χ0n) is 13.5. The molecule has 0 aliphatic heterocycles. The molecule has 0 aliphatic rings. The molecule has 0 saturated heterocycles. The van der Waals surface area contributed by atoms with Gasteiger partial charge in [-0.15, -0.1) is 0 Å². The summed E-state index contributed by atoms with van der Waals surface area (Å²) < 4.78 is 16.0. The van der Waals surface area contributed by atoms with Gasteiger partial charge in [0.1, 0.15) is 5.82 Å². The lowest BCUT2D eigenvalue weighted by molar-refractivity contribution is 0.364. The van der Waals surface area contributed by atoms with E-state index in [0.29, 0.717) is 40.5 Å². The third kappa shape index (κ3) is 3.06. The third-order valence-electron chi connectivity index (χ3n) is 4.01. The summed E-state index contributed by atoms with van der Waals surface area (Å²) in [6, 6.07) is 6.98. The van der Waals surface area contributed by atoms with Gasteiger partial charge in [0.25, 0.3) is 5.56 Å². The minimum absolute atomic E-state index is 0.0807. The van der Waals surface area contributed by atoms with E-state index in [-0.39, 0.29) is 18.2 Å². The second-order valence-electron chi connectivity index (χ2n) is 5.97. The molecule has 3 aromatic rings. The second-order valence-corrected chi connectivity index (χ2v) is 6.41. The zero-order chi connectivity index (χ0) is 17.3. The Hall–Kier alpha value is -2.21. The Balaban J connectivity index is 2.18. The van der Waals surface area contributed by atoms with E-state index >= 15 is 0 Å². The Morgan fingerprint density at radius 2 is 2.00 bits per heavy atom. The average molecular weight is 349 g/mol. The van der Waals surface area contributed by atoms with Crippen molar-refractivity contribution in [1.29, 1.82) is 0 Å². The number of alkyl halides is 1. The van der Waals surface area contributed by atoms with E-state index in [0.717, 1.165) is 0 Å². The topological polar surface area (TPSA) is 52.7 Å². The van der Waals surface area contributed by atoms with Crippen molar-refractivity contribution >= 4 is 22.8 Å². The summed E-state index contributed by atoms with van der Waals surface area (Å²) in [4.78, 5) is 21.7. The van der Waals surface area contributed by atoms with Crippen LogP contribution in [0.5, 0.6) is 0 Å². The first kappa shape index (κ1) is 16.6. The molecule has 7 heteroatoms. The van der Waals surface area contributed by atoms with Crippen LogP contribution < -0.4 is 5.56 Å². The predicted molar refractivity (Wildman–Crippen MR) is 92.6 cm³/mol. The average Bonchev–Trinajstić information content (AvgIpc) is 2.95. The monoisotopic (exact) mass is 348 g/mol. The maximum absolute atomic E-state index is 12.9. The van der Waals surface area contributed by atoms with Gasteiger partial charge in [-0.05, 0) is 36.6 Å². The van der Waals surface area contributed by atoms with Crippen molar-refractivity contribution < 1.29 is 4.39 Å². The van der Waals surface area contributed by atoms with Gasteiger partial charge in [0, 0.05) is 18.5 Å². The first-order chi connectivity index (χ1) is 11.5. The van der Waals surface area contributed by atoms with Gasteiger partial charge in [-0.2, -0.15) is 0 Å². The van der Waals surface area contributed by atoms with Gasteiger partial charge in [0.15, 0.2) is 11.2 Å². The maximum Gasteiger partial charge on any atom is 0.286 e. The van der Waals surface area contributed by atoms with Gasteiger partial charge in [-0.1, -0.05) is 18.5 Å². The highest BCUT2D eigenvalue weighted by atomic mass is 35.5. The summed E-state index contributed by atoms with van der Waals surface area (Å²) >= 11 is 5.94. The van der Waals surface area contributed by atoms with Gasteiger partial charge in [0.05, 0.1) is 18.7 Å². The molecule has 0 aliphatic carbocycles. The molecular weight excluding hydrogens is 331 g/mol. The number of imidazole rings is 1. The van der Waals surface area contributed by atoms with Crippen LogP contribution in [-0.2, 0) is 13.5 Å². The number of aromatic nitrogens is 4. The first-order valence-corrected chi connectivity index (χ1v) is 8.14. The molecule has 0 fully saturated rings. The van der Waals surface area contributed by atoms with E-state index < -0.39 is 0 Å². The van der Waals surface area contributed by atoms with Crippen LogP contribution in [0, 0.1) is 5.92 Å². The lowest BCUT2D eigenvalue weighted by Crippen LogP contribution is -2.24. The van der Waals surface area contributed by atoms with Crippen molar-refractivity contribution in [1.82, 2.24) is 19.1 Å². The number of hydrogen-bond donors (Lipinski definition) is 0. The molecule has 0 spiro atoms. The predicted octanol–water partition coefficient (Wildman–Crippen LogP) is 3.31. The summed E-state index contributed by atoms with van der Waals surface area (Å²) in [7, 11) is 1.79. The molecule has 2 heterocycles. The van der Waals surface area contributed by atoms with Crippen molar-refractivity contribution in [2.75, 3.05) is 6.67 Å². The number of aryl methyl sites for hydroxylation is 2. The van der Waals surface area contributed by atoms with Gasteiger partial charge in [-0.25, -0.2) is 9.97 Å². The molecule has 2 aromatic heterocycles. The van der Waals surface area contributed by atoms with Gasteiger partial charge < -0.3 is 4.57 Å². The van der Waals surface area contributed by atoms with Crippen molar-refractivity contribution in [3.8, 4) is 5.69 Å². The first-order valence-electron chi connectivity index (χ1n) is 7.76. The fraction of sp³-hybridized carbons (Fsp3) is 0.353. The van der Waals surface area contributed by atoms with Crippen molar-refractivity contribution in [2.24, 2.45) is 13.0 Å². The smallest absolute Gasteiger partial charge is 0.286 e. The number of nitrogens with zero attached hydrogens (tertiary/aromatic N) is 4. The summed E-state index contributed by atoms with van der Waals surface area (Å²) in [5, 5.41) is 0.589. The molecule has 5 nitrogen and oxygen atoms in total. The molecule has 0 bridgehead atoms. The van der Waals surface area contributed by atoms with Crippen molar-refractivity contribution in [2.45, 2.75) is 19.8 Å². The van der Waals surface area contributed by atoms with E-state index in [1.807, 2.05) is 6.92 Å². The molecule has 0 unspecified atom stereocenters. The van der Waals surface area contributed by atoms with Crippen LogP contribution >= 0.6 is 11.6 Å². The molecule has 0 radical (unpaired) electrons. The Morgan fingerprint density at radius 1 is 1.29 bits per heavy atom. The van der Waals surface area contributed by atoms with Crippen LogP contribution in [0.3, 0.4) is 0 Å². The van der Waals surface area contributed by atoms with Gasteiger partial charge >= 0.3 is 0 Å². The van der Waals surface area contributed by atoms with E-state index in [9.17, 15) is 9.18 Å². The molecule has 126 valence electrons. The van der Waals surface area contributed by atoms with Crippen LogP contribution in [-0.4, -0.2) is 25.8 Å². The number of hydrogen-bond acceptors (Lipinski definition) is 3. The number of benzene rings is 1. The normalized spacial score (nSPS) is 12.7. The molecule has 0 N–H and O–H groups in total. The highest BCUT2D eigenvalue weighted by Crippen LogP contribution is 2.17. The van der Waals surface area contributed by atoms with Crippen LogP contribution in [0.25, 0.3) is 16.9 Å². The largest absolute Gasteiger partial charge is 0.318 e. The molecule has 0 saturated carbocycles. The van der Waals surface area contributed by atoms with E-state index in [4.69, 9.17) is 11.6 Å². The number of rotatable bonds is 5. The Morgan fingerprint density at radius 3 is 2.67 bits per heavy atom. The van der Waals surface area contributed by atoms with Crippen LogP contribution in [0.4, 0.5) is 4.39 Å². The fourth-order valence-corrected chi connectivity index (χ4v) is 2.70. The molecule has 1 atom stereocenters. The Labute approximate surface area is 143 Å². The highest BCUT2D eigenvalue weighted by Gasteiger charge is 2.16. The lowest BCUT2D eigenvalue weighted by atomic mass is 10.1. The standard InChI is InChI=1S/C17H18ClFN4O/c1-11(9-19)3-8-14-21-16-15(20-10-22(16)2)17(24)23(14)13-6-4-12(18)5-7-13/h4-7,10-11H,3,8-9H2,1-2H3/t11-/m1/s1. The lowest BCUT2D eigenvalue weighted by Gasteiger charge is -2.14. The van der Waals surface area contributed by atoms with Gasteiger partial charge in [-0.3, -0.25) is 13.8 Å². The SMILES string of the molecule is C[C@@H](CF)CCc1nc2c(ncn2C)c(=O)n1-c1ccc(Cl)cc1. The third-order valence-corrected chi connectivity index (χ3v) is 4.27. The zero-order valence-corrected chi connectivity index (χ0v) is 14.3. The maximum atomic E-state index is 12.9. The van der Waals surface area contributed by atoms with Crippen molar-refractivity contribution in [3.05, 3.63) is 51.8 Å². The molecule has 1 aromatic carbocycles. The molecule has 3 rings (SSSR count). The van der Waals surface area contributed by atoms with E-state index in [2.05, 4.69) is 9.97 Å².